The van der Waals surface area contributed by atoms with Crippen molar-refractivity contribution < 1.29 is 4.11 Å². The second kappa shape index (κ2) is 3.05. The third-order valence-electron chi connectivity index (χ3n) is 0.848. The Bertz CT molecular complexity index is 384. The molecule has 0 heterocycles. The average molecular weight is 219 g/mol. The maximum atomic E-state index is 8.62. The molecular formula is C7H3BrClN. The number of hydrogen-bond donors (Lipinski definition) is 0. The highest BCUT2D eigenvalue weighted by molar-refractivity contribution is 9.10. The first-order valence-corrected chi connectivity index (χ1v) is 3.52. The Hall–Kier alpha value is -0.520. The van der Waals surface area contributed by atoms with Crippen LogP contribution in [-0.2, 0) is 0 Å². The molecule has 0 atom stereocenters. The summed E-state index contributed by atoms with van der Waals surface area (Å²) >= 11 is 8.56. The van der Waals surface area contributed by atoms with E-state index in [9.17, 15) is 0 Å². The molecule has 0 N–H and O–H groups in total. The van der Waals surface area contributed by atoms with E-state index in [1.54, 1.807) is 6.07 Å². The van der Waals surface area contributed by atoms with E-state index in [4.69, 9.17) is 21.0 Å². The summed E-state index contributed by atoms with van der Waals surface area (Å²) in [7, 11) is 0. The van der Waals surface area contributed by atoms with Gasteiger partial charge in [-0.25, -0.2) is 0 Å². The molecule has 1 nitrogen and oxygen atoms in total. The number of hydrogen-bond acceptors (Lipinski definition) is 1. The largest absolute Gasteiger partial charge is 0.192 e. The predicted molar refractivity (Wildman–Crippen MR) is 43.9 cm³/mol. The highest BCUT2D eigenvalue weighted by atomic mass is 79.9. The third-order valence-corrected chi connectivity index (χ3v) is 1.53. The fourth-order valence-corrected chi connectivity index (χ4v) is 0.879. The van der Waals surface area contributed by atoms with Crippen LogP contribution in [0.2, 0.25) is 5.02 Å². The standard InChI is InChI=1S/C7H3BrClN/c8-6-1-2-7(9)5(3-6)4-10/h1-3H/i1D,2D,3D. The maximum absolute atomic E-state index is 8.62. The first kappa shape index (κ1) is 4.38. The fraction of sp³-hybridized carbons (Fsp3) is 0. The lowest BCUT2D eigenvalue weighted by Crippen LogP contribution is -1.74. The van der Waals surface area contributed by atoms with E-state index >= 15 is 0 Å². The van der Waals surface area contributed by atoms with Gasteiger partial charge in [0.15, 0.2) is 0 Å². The van der Waals surface area contributed by atoms with Gasteiger partial charge in [-0.05, 0) is 18.1 Å². The van der Waals surface area contributed by atoms with E-state index in [0.717, 1.165) is 0 Å². The van der Waals surface area contributed by atoms with Crippen LogP contribution in [0.3, 0.4) is 0 Å². The Morgan fingerprint density at radius 2 is 2.40 bits per heavy atom. The molecule has 0 aliphatic rings. The summed E-state index contributed by atoms with van der Waals surface area (Å²) < 4.78 is 22.2. The second-order valence-electron chi connectivity index (χ2n) is 1.49. The van der Waals surface area contributed by atoms with Gasteiger partial charge < -0.3 is 0 Å². The van der Waals surface area contributed by atoms with Crippen molar-refractivity contribution >= 4 is 27.5 Å². The molecule has 50 valence electrons. The molecule has 0 radical (unpaired) electrons. The van der Waals surface area contributed by atoms with Crippen molar-refractivity contribution in [2.45, 2.75) is 0 Å². The van der Waals surface area contributed by atoms with Crippen LogP contribution in [0.15, 0.2) is 22.6 Å². The van der Waals surface area contributed by atoms with Crippen molar-refractivity contribution in [1.29, 1.82) is 5.26 Å². The Kier molecular flexibility index (Phi) is 1.33. The molecule has 1 rings (SSSR count). The topological polar surface area (TPSA) is 23.8 Å². The van der Waals surface area contributed by atoms with Crippen LogP contribution >= 0.6 is 27.5 Å². The van der Waals surface area contributed by atoms with Gasteiger partial charge in [0.25, 0.3) is 0 Å². The molecule has 0 unspecified atom stereocenters. The van der Waals surface area contributed by atoms with Crippen molar-refractivity contribution in [3.05, 3.63) is 33.2 Å². The zero-order valence-corrected chi connectivity index (χ0v) is 7.05. The summed E-state index contributed by atoms with van der Waals surface area (Å²) in [4.78, 5) is 0. The van der Waals surface area contributed by atoms with Gasteiger partial charge in [0.05, 0.1) is 14.7 Å². The zero-order chi connectivity index (χ0) is 10.2. The number of nitrogens with zero attached hydrogens (tertiary/aromatic N) is 1. The number of nitriles is 1. The second-order valence-corrected chi connectivity index (χ2v) is 2.66. The summed E-state index contributed by atoms with van der Waals surface area (Å²) in [6, 6.07) is 1.17. The molecule has 0 aliphatic heterocycles. The van der Waals surface area contributed by atoms with E-state index in [0.29, 0.717) is 0 Å². The van der Waals surface area contributed by atoms with Gasteiger partial charge in [-0.1, -0.05) is 27.5 Å². The Labute approximate surface area is 76.6 Å². The van der Waals surface area contributed by atoms with Crippen molar-refractivity contribution in [3.63, 3.8) is 0 Å². The van der Waals surface area contributed by atoms with Crippen molar-refractivity contribution in [3.8, 4) is 6.07 Å². The van der Waals surface area contributed by atoms with Crippen LogP contribution in [-0.4, -0.2) is 0 Å². The van der Waals surface area contributed by atoms with E-state index < -0.39 is 0 Å². The summed E-state index contributed by atoms with van der Waals surface area (Å²) in [6.45, 7) is 0. The molecule has 0 amide bonds. The molecule has 1 aromatic carbocycles. The number of halogens is 2. The predicted octanol–water partition coefficient (Wildman–Crippen LogP) is 2.97. The lowest BCUT2D eigenvalue weighted by atomic mass is 10.2. The van der Waals surface area contributed by atoms with Crippen LogP contribution in [0.5, 0.6) is 0 Å². The molecule has 0 saturated carbocycles. The van der Waals surface area contributed by atoms with Crippen LogP contribution in [0.4, 0.5) is 0 Å². The van der Waals surface area contributed by atoms with Gasteiger partial charge in [-0.15, -0.1) is 0 Å². The molecule has 0 bridgehead atoms. The minimum atomic E-state index is -0.235. The van der Waals surface area contributed by atoms with E-state index in [-0.39, 0.29) is 33.2 Å². The van der Waals surface area contributed by atoms with Gasteiger partial charge in [0.2, 0.25) is 0 Å². The number of benzene rings is 1. The van der Waals surface area contributed by atoms with Crippen LogP contribution in [0, 0.1) is 11.3 Å². The third kappa shape index (κ3) is 1.50. The lowest BCUT2D eigenvalue weighted by molar-refractivity contribution is 1.48. The lowest BCUT2D eigenvalue weighted by Gasteiger charge is -1.92. The van der Waals surface area contributed by atoms with Crippen LogP contribution in [0.1, 0.15) is 9.68 Å². The quantitative estimate of drug-likeness (QED) is 0.658. The molecular weight excluding hydrogens is 213 g/mol. The minimum Gasteiger partial charge on any atom is -0.192 e. The van der Waals surface area contributed by atoms with Crippen molar-refractivity contribution in [1.82, 2.24) is 0 Å². The van der Waals surface area contributed by atoms with Gasteiger partial charge in [0.1, 0.15) is 6.07 Å². The smallest absolute Gasteiger partial charge is 0.101 e. The van der Waals surface area contributed by atoms with E-state index in [2.05, 4.69) is 15.9 Å². The van der Waals surface area contributed by atoms with Crippen LogP contribution in [0.25, 0.3) is 0 Å². The van der Waals surface area contributed by atoms with E-state index in [1.807, 2.05) is 0 Å². The SMILES string of the molecule is [2H]c1c([2H])c(Br)c([2H])c(C#N)c1Cl. The maximum Gasteiger partial charge on any atom is 0.101 e. The van der Waals surface area contributed by atoms with Crippen LogP contribution < -0.4 is 0 Å². The molecule has 0 aromatic heterocycles. The summed E-state index contributed by atoms with van der Waals surface area (Å²) in [5, 5.41) is 8.48. The Morgan fingerprint density at radius 3 is 3.00 bits per heavy atom. The van der Waals surface area contributed by atoms with E-state index in [1.165, 1.54) is 0 Å². The average Bonchev–Trinajstić information content (AvgIpc) is 2.13. The molecule has 0 saturated heterocycles. The molecule has 1 aromatic rings. The first-order valence-electron chi connectivity index (χ1n) is 3.85. The highest BCUT2D eigenvalue weighted by Gasteiger charge is 1.97. The Balaban J connectivity index is 3.69. The molecule has 10 heavy (non-hydrogen) atoms. The molecule has 0 aliphatic carbocycles. The van der Waals surface area contributed by atoms with Gasteiger partial charge in [-0.3, -0.25) is 0 Å². The fourth-order valence-electron chi connectivity index (χ4n) is 0.445. The first-order chi connectivity index (χ1) is 6.00. The summed E-state index contributed by atoms with van der Waals surface area (Å²) in [6.07, 6.45) is 0. The van der Waals surface area contributed by atoms with Crippen molar-refractivity contribution in [2.75, 3.05) is 0 Å². The summed E-state index contributed by atoms with van der Waals surface area (Å²) in [5.74, 6) is 0. The van der Waals surface area contributed by atoms with Gasteiger partial charge >= 0.3 is 0 Å². The normalized spacial score (nSPS) is 13.1. The monoisotopic (exact) mass is 218 g/mol. The minimum absolute atomic E-state index is 0.0745. The van der Waals surface area contributed by atoms with Gasteiger partial charge in [-0.2, -0.15) is 5.26 Å². The molecule has 0 fully saturated rings. The number of rotatable bonds is 0. The molecule has 0 spiro atoms. The summed E-state index contributed by atoms with van der Waals surface area (Å²) in [5.41, 5.74) is -0.0745. The Morgan fingerprint density at radius 1 is 1.70 bits per heavy atom. The van der Waals surface area contributed by atoms with Crippen molar-refractivity contribution in [2.24, 2.45) is 0 Å². The zero-order valence-electron chi connectivity index (χ0n) is 7.70. The van der Waals surface area contributed by atoms with Gasteiger partial charge in [0, 0.05) is 4.47 Å². The highest BCUT2D eigenvalue weighted by Crippen LogP contribution is 2.19. The molecule has 3 heteroatoms.